The monoisotopic (exact) mass is 443 g/mol. The first kappa shape index (κ1) is 20.2. The summed E-state index contributed by atoms with van der Waals surface area (Å²) in [5, 5.41) is 25.5. The number of fused-ring (bicyclic) bond motifs is 10. The molecule has 168 valence electrons. The summed E-state index contributed by atoms with van der Waals surface area (Å²) in [6, 6.07) is 16.4. The van der Waals surface area contributed by atoms with E-state index in [2.05, 4.69) is 39.6 Å². The number of aromatic amines is 2. The molecule has 1 unspecified atom stereocenters. The molecule has 7 rings (SSSR count). The van der Waals surface area contributed by atoms with Gasteiger partial charge in [0.25, 0.3) is 5.91 Å². The first-order valence-electron chi connectivity index (χ1n) is 11.2. The Morgan fingerprint density at radius 3 is 2.18 bits per heavy atom. The fraction of sp³-hybridized carbons (Fsp3) is 0.269. The maximum atomic E-state index is 12.6. The molecule has 5 N–H and O–H groups in total. The van der Waals surface area contributed by atoms with Crippen LogP contribution in [0.5, 0.6) is 0 Å². The van der Waals surface area contributed by atoms with Gasteiger partial charge in [-0.05, 0) is 24.6 Å². The number of ether oxygens (including phenoxy) is 1. The molecule has 3 aromatic carbocycles. The Morgan fingerprint density at radius 2 is 1.61 bits per heavy atom. The van der Waals surface area contributed by atoms with Crippen LogP contribution >= 0.6 is 0 Å². The SMILES string of the molecule is CC1OCC[C@]1(O)CO.O=C1NCc2c1c1c3ccccc3[nH]c1c1[nH]c3ccccc3c21. The fourth-order valence-electron chi connectivity index (χ4n) is 5.17. The molecule has 7 nitrogen and oxygen atoms in total. The third-order valence-electron chi connectivity index (χ3n) is 7.10. The van der Waals surface area contributed by atoms with Crippen LogP contribution in [0.25, 0.3) is 43.6 Å². The third kappa shape index (κ3) is 2.90. The lowest BCUT2D eigenvalue weighted by Gasteiger charge is -2.22. The highest BCUT2D eigenvalue weighted by Gasteiger charge is 2.38. The Labute approximate surface area is 189 Å². The van der Waals surface area contributed by atoms with E-state index in [0.29, 0.717) is 19.6 Å². The van der Waals surface area contributed by atoms with Crippen molar-refractivity contribution in [2.45, 2.75) is 31.6 Å². The predicted octanol–water partition coefficient (Wildman–Crippen LogP) is 3.72. The Kier molecular flexibility index (Phi) is 4.48. The number of hydrogen-bond acceptors (Lipinski definition) is 4. The van der Waals surface area contributed by atoms with Gasteiger partial charge in [-0.25, -0.2) is 0 Å². The molecule has 1 saturated heterocycles. The average molecular weight is 444 g/mol. The number of hydrogen-bond donors (Lipinski definition) is 5. The molecule has 7 heteroatoms. The van der Waals surface area contributed by atoms with Crippen molar-refractivity contribution in [3.63, 3.8) is 0 Å². The van der Waals surface area contributed by atoms with Crippen LogP contribution in [0.4, 0.5) is 0 Å². The van der Waals surface area contributed by atoms with Gasteiger partial charge in [-0.1, -0.05) is 36.4 Å². The molecule has 0 radical (unpaired) electrons. The number of aromatic nitrogens is 2. The van der Waals surface area contributed by atoms with Gasteiger partial charge in [0, 0.05) is 45.5 Å². The van der Waals surface area contributed by atoms with Gasteiger partial charge in [-0.3, -0.25) is 4.79 Å². The number of aliphatic hydroxyl groups is 2. The fourth-order valence-corrected chi connectivity index (χ4v) is 5.17. The van der Waals surface area contributed by atoms with Gasteiger partial charge in [-0.15, -0.1) is 0 Å². The number of H-pyrrole nitrogens is 2. The van der Waals surface area contributed by atoms with Crippen molar-refractivity contribution in [3.8, 4) is 0 Å². The Hall–Kier alpha value is -3.39. The van der Waals surface area contributed by atoms with Crippen molar-refractivity contribution >= 4 is 49.5 Å². The number of para-hydroxylation sites is 2. The molecule has 2 aliphatic heterocycles. The van der Waals surface area contributed by atoms with E-state index in [0.717, 1.165) is 49.4 Å². The van der Waals surface area contributed by atoms with Gasteiger partial charge in [-0.2, -0.15) is 0 Å². The Morgan fingerprint density at radius 1 is 1.00 bits per heavy atom. The normalized spacial score (nSPS) is 22.2. The van der Waals surface area contributed by atoms with Crippen LogP contribution in [0.1, 0.15) is 29.3 Å². The Bertz CT molecular complexity index is 1550. The van der Waals surface area contributed by atoms with Crippen molar-refractivity contribution in [3.05, 3.63) is 59.7 Å². The zero-order valence-electron chi connectivity index (χ0n) is 18.2. The largest absolute Gasteiger partial charge is 0.393 e. The number of amides is 1. The maximum absolute atomic E-state index is 12.6. The zero-order valence-corrected chi connectivity index (χ0v) is 18.2. The highest BCUT2D eigenvalue weighted by Crippen LogP contribution is 2.41. The van der Waals surface area contributed by atoms with Gasteiger partial charge in [0.05, 0.1) is 35.9 Å². The van der Waals surface area contributed by atoms with Crippen molar-refractivity contribution < 1.29 is 19.7 Å². The molecule has 2 atom stereocenters. The first-order valence-corrected chi connectivity index (χ1v) is 11.2. The van der Waals surface area contributed by atoms with E-state index >= 15 is 0 Å². The van der Waals surface area contributed by atoms with E-state index in [-0.39, 0.29) is 18.6 Å². The quantitative estimate of drug-likeness (QED) is 0.272. The summed E-state index contributed by atoms with van der Waals surface area (Å²) in [6.45, 7) is 2.71. The third-order valence-corrected chi connectivity index (χ3v) is 7.10. The summed E-state index contributed by atoms with van der Waals surface area (Å²) in [7, 11) is 0. The Balaban J connectivity index is 0.000000195. The molecule has 4 heterocycles. The van der Waals surface area contributed by atoms with Crippen LogP contribution in [-0.4, -0.2) is 51.0 Å². The predicted molar refractivity (Wildman–Crippen MR) is 128 cm³/mol. The highest BCUT2D eigenvalue weighted by atomic mass is 16.5. The minimum Gasteiger partial charge on any atom is -0.393 e. The van der Waals surface area contributed by atoms with Crippen LogP contribution in [0.2, 0.25) is 0 Å². The van der Waals surface area contributed by atoms with Crippen LogP contribution in [0.3, 0.4) is 0 Å². The van der Waals surface area contributed by atoms with Crippen LogP contribution in [0.15, 0.2) is 48.5 Å². The van der Waals surface area contributed by atoms with Gasteiger partial charge in [0.2, 0.25) is 0 Å². The minimum atomic E-state index is -0.972. The van der Waals surface area contributed by atoms with E-state index in [1.807, 2.05) is 24.3 Å². The second-order valence-electron chi connectivity index (χ2n) is 8.90. The second kappa shape index (κ2) is 7.31. The highest BCUT2D eigenvalue weighted by molar-refractivity contribution is 6.30. The molecule has 5 aromatic rings. The number of benzene rings is 3. The van der Waals surface area contributed by atoms with Gasteiger partial charge >= 0.3 is 0 Å². The average Bonchev–Trinajstić information content (AvgIpc) is 3.58. The maximum Gasteiger partial charge on any atom is 0.252 e. The summed E-state index contributed by atoms with van der Waals surface area (Å²) in [5.41, 5.74) is 5.20. The molecule has 0 spiro atoms. The minimum absolute atomic E-state index is 0.0203. The first-order chi connectivity index (χ1) is 16.0. The molecule has 0 saturated carbocycles. The van der Waals surface area contributed by atoms with E-state index < -0.39 is 5.60 Å². The lowest BCUT2D eigenvalue weighted by Crippen LogP contribution is -2.39. The van der Waals surface area contributed by atoms with Crippen molar-refractivity contribution in [1.29, 1.82) is 0 Å². The lowest BCUT2D eigenvalue weighted by molar-refractivity contribution is -0.0617. The summed E-state index contributed by atoms with van der Waals surface area (Å²) in [5.74, 6) is 0.0203. The summed E-state index contributed by atoms with van der Waals surface area (Å²) >= 11 is 0. The lowest BCUT2D eigenvalue weighted by atomic mass is 9.97. The summed E-state index contributed by atoms with van der Waals surface area (Å²) < 4.78 is 5.05. The van der Waals surface area contributed by atoms with Crippen LogP contribution in [0, 0.1) is 0 Å². The molecule has 2 aromatic heterocycles. The van der Waals surface area contributed by atoms with Crippen molar-refractivity contribution in [2.24, 2.45) is 0 Å². The topological polar surface area (TPSA) is 110 Å². The number of carbonyl (C=O) groups excluding carboxylic acids is 1. The standard InChI is InChI=1S/C20H13N3O.C6H12O3/c24-20-17-12(9-21-20)15-10-5-1-3-7-13(10)22-18(15)19-16(17)11-6-2-4-8-14(11)23-19;1-5-6(8,4-7)2-3-9-5/h1-8,22-23H,9H2,(H,21,24);5,7-8H,2-4H2,1H3/t;5?,6-/m.0/s1. The molecule has 2 aliphatic rings. The van der Waals surface area contributed by atoms with Crippen LogP contribution < -0.4 is 5.32 Å². The number of aliphatic hydroxyl groups excluding tert-OH is 1. The molecular formula is C26H25N3O4. The number of nitrogens with one attached hydrogen (secondary N) is 3. The van der Waals surface area contributed by atoms with E-state index in [4.69, 9.17) is 9.84 Å². The summed E-state index contributed by atoms with van der Waals surface area (Å²) in [6.07, 6.45) is 0.326. The van der Waals surface area contributed by atoms with Gasteiger partial charge < -0.3 is 30.2 Å². The zero-order chi connectivity index (χ0) is 22.7. The van der Waals surface area contributed by atoms with E-state index in [9.17, 15) is 9.90 Å². The number of carbonyl (C=O) groups is 1. The molecular weight excluding hydrogens is 418 g/mol. The molecule has 0 aliphatic carbocycles. The van der Waals surface area contributed by atoms with Crippen molar-refractivity contribution in [1.82, 2.24) is 15.3 Å². The molecule has 33 heavy (non-hydrogen) atoms. The van der Waals surface area contributed by atoms with E-state index in [1.165, 1.54) is 5.39 Å². The summed E-state index contributed by atoms with van der Waals surface area (Å²) in [4.78, 5) is 19.7. The smallest absolute Gasteiger partial charge is 0.252 e. The molecule has 0 bridgehead atoms. The van der Waals surface area contributed by atoms with E-state index in [1.54, 1.807) is 6.92 Å². The van der Waals surface area contributed by atoms with Crippen LogP contribution in [-0.2, 0) is 11.3 Å². The number of rotatable bonds is 1. The van der Waals surface area contributed by atoms with Gasteiger partial charge in [0.1, 0.15) is 5.60 Å². The molecule has 1 amide bonds. The molecule has 1 fully saturated rings. The van der Waals surface area contributed by atoms with Gasteiger partial charge in [0.15, 0.2) is 0 Å². The van der Waals surface area contributed by atoms with Crippen molar-refractivity contribution in [2.75, 3.05) is 13.2 Å². The second-order valence-corrected chi connectivity index (χ2v) is 8.90.